The van der Waals surface area contributed by atoms with Gasteiger partial charge in [0.25, 0.3) is 0 Å². The minimum absolute atomic E-state index is 0.0453. The fourth-order valence-corrected chi connectivity index (χ4v) is 8.41. The van der Waals surface area contributed by atoms with Gasteiger partial charge in [0.2, 0.25) is 0 Å². The SMILES string of the molecule is CCCCCCCC/C=C\CCCCCCCC(=O)OC[C@H](COP(=O)(O)O[C@H]1C(O)C(O)C(O)[C@@H](OP(=O)(O)O)C1O)OC(=O)CCC/C=C\C/C=C\C/C=C\C/C=C\CCCCCO. The number of aliphatic hydroxyl groups is 5. The summed E-state index contributed by atoms with van der Waals surface area (Å²) in [5.74, 6) is -1.30. The van der Waals surface area contributed by atoms with E-state index in [0.717, 1.165) is 77.0 Å². The van der Waals surface area contributed by atoms with E-state index < -0.39 is 83.5 Å². The molecule has 0 bridgehead atoms. The highest BCUT2D eigenvalue weighted by molar-refractivity contribution is 7.47. The number of phosphoric acid groups is 2. The lowest BCUT2D eigenvalue weighted by Gasteiger charge is -2.43. The zero-order valence-corrected chi connectivity index (χ0v) is 40.8. The quantitative estimate of drug-likeness (QED) is 0.0125. The van der Waals surface area contributed by atoms with E-state index in [0.29, 0.717) is 25.7 Å². The number of allylic oxidation sites excluding steroid dienone is 10. The largest absolute Gasteiger partial charge is 0.472 e. The minimum Gasteiger partial charge on any atom is -0.462 e. The molecule has 17 nitrogen and oxygen atoms in total. The van der Waals surface area contributed by atoms with E-state index in [9.17, 15) is 53.8 Å². The Morgan fingerprint density at radius 3 is 1.48 bits per heavy atom. The first kappa shape index (κ1) is 61.7. The van der Waals surface area contributed by atoms with Crippen molar-refractivity contribution < 1.29 is 82.0 Å². The monoisotopic (exact) mass is 981 g/mol. The van der Waals surface area contributed by atoms with Crippen LogP contribution in [0.1, 0.15) is 161 Å². The van der Waals surface area contributed by atoms with Crippen molar-refractivity contribution in [3.8, 4) is 0 Å². The Balaban J connectivity index is 2.64. The number of esters is 2. The van der Waals surface area contributed by atoms with Gasteiger partial charge in [-0.05, 0) is 83.5 Å². The van der Waals surface area contributed by atoms with Crippen LogP contribution in [0.25, 0.3) is 0 Å². The van der Waals surface area contributed by atoms with Gasteiger partial charge < -0.3 is 49.7 Å². The summed E-state index contributed by atoms with van der Waals surface area (Å²) in [6.07, 6.45) is 27.7. The Bertz CT molecular complexity index is 1510. The van der Waals surface area contributed by atoms with Gasteiger partial charge in [-0.15, -0.1) is 0 Å². The molecule has 1 saturated carbocycles. The fraction of sp³-hybridized carbons (Fsp3) is 0.745. The van der Waals surface area contributed by atoms with Crippen LogP contribution in [-0.4, -0.2) is 115 Å². The lowest BCUT2D eigenvalue weighted by Crippen LogP contribution is -2.64. The molecule has 5 unspecified atom stereocenters. The highest BCUT2D eigenvalue weighted by atomic mass is 31.2. The number of aliphatic hydroxyl groups excluding tert-OH is 5. The summed E-state index contributed by atoms with van der Waals surface area (Å²) in [5, 5.41) is 50.0. The average molecular weight is 981 g/mol. The van der Waals surface area contributed by atoms with Gasteiger partial charge in [0.1, 0.15) is 43.2 Å². The van der Waals surface area contributed by atoms with Crippen molar-refractivity contribution in [3.05, 3.63) is 60.8 Å². The number of carbonyl (C=O) groups excluding carboxylic acids is 2. The molecule has 0 aromatic heterocycles. The summed E-state index contributed by atoms with van der Waals surface area (Å²) < 4.78 is 49.3. The van der Waals surface area contributed by atoms with Gasteiger partial charge in [-0.1, -0.05) is 125 Å². The van der Waals surface area contributed by atoms with Crippen LogP contribution >= 0.6 is 15.6 Å². The van der Waals surface area contributed by atoms with E-state index in [1.807, 2.05) is 18.2 Å². The number of ether oxygens (including phenoxy) is 2. The van der Waals surface area contributed by atoms with Crippen molar-refractivity contribution in [3.63, 3.8) is 0 Å². The zero-order chi connectivity index (χ0) is 48.9. The lowest BCUT2D eigenvalue weighted by molar-refractivity contribution is -0.216. The molecule has 0 heterocycles. The molecule has 0 radical (unpaired) electrons. The standard InChI is InChI=1S/C47H82O17P2/c1-2-3-4-5-6-7-8-9-13-16-19-22-25-28-31-34-40(49)60-37-39(38-61-66(58,59)64-47-44(53)42(51)43(52)46(45(47)54)63-65(55,56)57)62-41(50)35-32-29-26-23-20-17-14-11-10-12-15-18-21-24-27-30-33-36-48/h9-10,12-14,17-18,21,23,26,39,42-48,51-54H,2-8,11,15-16,19-20,22,24-25,27-38H2,1H3,(H,58,59)(H2,55,56,57)/b12-10-,13-9-,17-14-,21-18-,26-23-/t39-,42?,43?,44?,45?,46-,47+/m1/s1. The normalized spacial score (nSPS) is 22.0. The van der Waals surface area contributed by atoms with Crippen molar-refractivity contribution >= 4 is 27.6 Å². The van der Waals surface area contributed by atoms with E-state index in [4.69, 9.17) is 23.6 Å². The van der Waals surface area contributed by atoms with Crippen molar-refractivity contribution in [2.24, 2.45) is 0 Å². The molecule has 0 spiro atoms. The van der Waals surface area contributed by atoms with Gasteiger partial charge >= 0.3 is 27.6 Å². The van der Waals surface area contributed by atoms with Crippen LogP contribution in [0.3, 0.4) is 0 Å². The molecular weight excluding hydrogens is 898 g/mol. The van der Waals surface area contributed by atoms with Gasteiger partial charge in [-0.25, -0.2) is 9.13 Å². The smallest absolute Gasteiger partial charge is 0.462 e. The zero-order valence-electron chi connectivity index (χ0n) is 39.1. The van der Waals surface area contributed by atoms with Crippen LogP contribution < -0.4 is 0 Å². The summed E-state index contributed by atoms with van der Waals surface area (Å²) in [6.45, 7) is 1.05. The van der Waals surface area contributed by atoms with Crippen LogP contribution in [0, 0.1) is 0 Å². The third-order valence-corrected chi connectivity index (χ3v) is 12.1. The van der Waals surface area contributed by atoms with Crippen LogP contribution in [-0.2, 0) is 41.8 Å². The summed E-state index contributed by atoms with van der Waals surface area (Å²) >= 11 is 0. The summed E-state index contributed by atoms with van der Waals surface area (Å²) in [7, 11) is -10.7. The van der Waals surface area contributed by atoms with E-state index in [2.05, 4.69) is 54.0 Å². The third-order valence-electron chi connectivity index (χ3n) is 10.6. The van der Waals surface area contributed by atoms with Gasteiger partial charge in [-0.2, -0.15) is 0 Å². The van der Waals surface area contributed by atoms with Gasteiger partial charge in [0.15, 0.2) is 6.10 Å². The molecule has 1 aliphatic rings. The maximum Gasteiger partial charge on any atom is 0.472 e. The molecular formula is C47H82O17P2. The van der Waals surface area contributed by atoms with Crippen LogP contribution in [0.5, 0.6) is 0 Å². The fourth-order valence-electron chi connectivity index (χ4n) is 6.87. The van der Waals surface area contributed by atoms with E-state index in [1.165, 1.54) is 38.5 Å². The summed E-state index contributed by atoms with van der Waals surface area (Å²) in [5.41, 5.74) is 0. The molecule has 19 heteroatoms. The average Bonchev–Trinajstić information content (AvgIpc) is 3.27. The number of carbonyl (C=O) groups is 2. The highest BCUT2D eigenvalue weighted by Crippen LogP contribution is 2.49. The highest BCUT2D eigenvalue weighted by Gasteiger charge is 2.54. The Hall–Kier alpha value is -2.34. The first-order valence-corrected chi connectivity index (χ1v) is 27.0. The molecule has 0 amide bonds. The Morgan fingerprint density at radius 2 is 0.955 bits per heavy atom. The maximum atomic E-state index is 13.0. The first-order valence-electron chi connectivity index (χ1n) is 23.9. The topological polar surface area (TPSA) is 276 Å². The van der Waals surface area contributed by atoms with Crippen LogP contribution in [0.2, 0.25) is 0 Å². The molecule has 1 rings (SSSR count). The van der Waals surface area contributed by atoms with Crippen molar-refractivity contribution in [1.29, 1.82) is 0 Å². The minimum atomic E-state index is -5.38. The number of phosphoric ester groups is 2. The van der Waals surface area contributed by atoms with Gasteiger partial charge in [0.05, 0.1) is 6.61 Å². The summed E-state index contributed by atoms with van der Waals surface area (Å²) in [4.78, 5) is 54.2. The molecule has 8 N–H and O–H groups in total. The number of rotatable bonds is 40. The number of hydrogen-bond donors (Lipinski definition) is 8. The Morgan fingerprint density at radius 1 is 0.515 bits per heavy atom. The molecule has 0 aromatic carbocycles. The van der Waals surface area contributed by atoms with E-state index >= 15 is 0 Å². The predicted molar refractivity (Wildman–Crippen MR) is 252 cm³/mol. The number of unbranched alkanes of at least 4 members (excludes halogenated alkanes) is 15. The lowest BCUT2D eigenvalue weighted by atomic mass is 9.85. The molecule has 1 aliphatic carbocycles. The van der Waals surface area contributed by atoms with Crippen LogP contribution in [0.4, 0.5) is 0 Å². The third kappa shape index (κ3) is 32.4. The Labute approximate surface area is 392 Å². The van der Waals surface area contributed by atoms with E-state index in [-0.39, 0.29) is 19.4 Å². The van der Waals surface area contributed by atoms with Gasteiger partial charge in [-0.3, -0.25) is 23.2 Å². The molecule has 0 aliphatic heterocycles. The second-order valence-corrected chi connectivity index (χ2v) is 19.1. The number of hydrogen-bond acceptors (Lipinski definition) is 14. The van der Waals surface area contributed by atoms with Crippen molar-refractivity contribution in [1.82, 2.24) is 0 Å². The second-order valence-electron chi connectivity index (χ2n) is 16.5. The van der Waals surface area contributed by atoms with Crippen molar-refractivity contribution in [2.45, 2.75) is 204 Å². The molecule has 1 fully saturated rings. The predicted octanol–water partition coefficient (Wildman–Crippen LogP) is 8.03. The molecule has 382 valence electrons. The van der Waals surface area contributed by atoms with Crippen molar-refractivity contribution in [2.75, 3.05) is 19.8 Å². The second kappa shape index (κ2) is 38.5. The molecule has 8 atom stereocenters. The summed E-state index contributed by atoms with van der Waals surface area (Å²) in [6, 6.07) is 0. The first-order chi connectivity index (χ1) is 31.6. The maximum absolute atomic E-state index is 13.0. The van der Waals surface area contributed by atoms with E-state index in [1.54, 1.807) is 0 Å². The Kier molecular flexibility index (Phi) is 36.0. The van der Waals surface area contributed by atoms with Gasteiger partial charge in [0, 0.05) is 19.4 Å². The molecule has 66 heavy (non-hydrogen) atoms. The molecule has 0 saturated heterocycles. The molecule has 0 aromatic rings. The van der Waals surface area contributed by atoms with Crippen LogP contribution in [0.15, 0.2) is 60.8 Å².